The van der Waals surface area contributed by atoms with Crippen molar-refractivity contribution in [1.82, 2.24) is 0 Å². The van der Waals surface area contributed by atoms with Crippen molar-refractivity contribution in [2.24, 2.45) is 0 Å². The molecule has 0 unspecified atom stereocenters. The lowest BCUT2D eigenvalue weighted by molar-refractivity contribution is 0.599. The quantitative estimate of drug-likeness (QED) is 0.843. The summed E-state index contributed by atoms with van der Waals surface area (Å²) in [5.41, 5.74) is 2.09. The lowest BCUT2D eigenvalue weighted by Crippen LogP contribution is -2.07. The van der Waals surface area contributed by atoms with Gasteiger partial charge < -0.3 is 0 Å². The third-order valence-corrected chi connectivity index (χ3v) is 4.10. The highest BCUT2D eigenvalue weighted by Crippen LogP contribution is 2.30. The molecule has 1 aromatic carbocycles. The number of nitrogens with zero attached hydrogens (tertiary/aromatic N) is 1. The molecule has 0 aliphatic rings. The summed E-state index contributed by atoms with van der Waals surface area (Å²) >= 11 is 0. The molecule has 0 aliphatic carbocycles. The van der Waals surface area contributed by atoms with Gasteiger partial charge in [0.15, 0.2) is 9.84 Å². The third kappa shape index (κ3) is 2.91. The van der Waals surface area contributed by atoms with Crippen molar-refractivity contribution in [3.8, 4) is 6.07 Å². The Labute approximate surface area is 109 Å². The van der Waals surface area contributed by atoms with Gasteiger partial charge >= 0.3 is 0 Å². The summed E-state index contributed by atoms with van der Waals surface area (Å²) in [5.74, 6) is 0.199. The summed E-state index contributed by atoms with van der Waals surface area (Å²) in [7, 11) is -3.27. The minimum atomic E-state index is -3.27. The van der Waals surface area contributed by atoms with E-state index in [1.54, 1.807) is 12.1 Å². The van der Waals surface area contributed by atoms with E-state index in [0.717, 1.165) is 11.1 Å². The van der Waals surface area contributed by atoms with E-state index in [0.29, 0.717) is 10.5 Å². The predicted molar refractivity (Wildman–Crippen MR) is 72.4 cm³/mol. The van der Waals surface area contributed by atoms with Gasteiger partial charge in [0.1, 0.15) is 0 Å². The Kier molecular flexibility index (Phi) is 4.18. The van der Waals surface area contributed by atoms with Crippen LogP contribution in [0.3, 0.4) is 0 Å². The van der Waals surface area contributed by atoms with Gasteiger partial charge in [-0.1, -0.05) is 27.7 Å². The van der Waals surface area contributed by atoms with Crippen molar-refractivity contribution in [3.63, 3.8) is 0 Å². The number of benzene rings is 1. The molecule has 0 N–H and O–H groups in total. The Bertz CT molecular complexity index is 593. The zero-order chi connectivity index (χ0) is 14.1. The molecule has 0 saturated heterocycles. The molecule has 98 valence electrons. The van der Waals surface area contributed by atoms with Crippen LogP contribution < -0.4 is 0 Å². The van der Waals surface area contributed by atoms with Gasteiger partial charge in [0, 0.05) is 6.26 Å². The summed E-state index contributed by atoms with van der Waals surface area (Å²) in [6.07, 6.45) is 1.21. The van der Waals surface area contributed by atoms with Gasteiger partial charge in [0.25, 0.3) is 0 Å². The average Bonchev–Trinajstić information content (AvgIpc) is 2.25. The first-order chi connectivity index (χ1) is 8.18. The molecule has 0 fully saturated rings. The van der Waals surface area contributed by atoms with Gasteiger partial charge in [0.2, 0.25) is 0 Å². The van der Waals surface area contributed by atoms with Crippen LogP contribution in [-0.4, -0.2) is 14.7 Å². The molecule has 1 aromatic rings. The summed E-state index contributed by atoms with van der Waals surface area (Å²) in [6.45, 7) is 7.77. The molecular formula is C14H19NO2S. The molecule has 0 spiro atoms. The fourth-order valence-corrected chi connectivity index (χ4v) is 3.02. The highest BCUT2D eigenvalue weighted by Gasteiger charge is 2.20. The van der Waals surface area contributed by atoms with Crippen molar-refractivity contribution < 1.29 is 8.42 Å². The number of hydrogen-bond donors (Lipinski definition) is 0. The number of hydrogen-bond acceptors (Lipinski definition) is 3. The Balaban J connectivity index is 3.71. The summed E-state index contributed by atoms with van der Waals surface area (Å²) in [5, 5.41) is 9.17. The van der Waals surface area contributed by atoms with Gasteiger partial charge in [-0.2, -0.15) is 5.26 Å². The number of sulfone groups is 1. The van der Waals surface area contributed by atoms with Crippen molar-refractivity contribution in [2.45, 2.75) is 44.4 Å². The SMILES string of the molecule is CC(C)c1cc(S(C)(=O)=O)c(C(C)C)cc1C#N. The van der Waals surface area contributed by atoms with Crippen LogP contribution in [0.2, 0.25) is 0 Å². The van der Waals surface area contributed by atoms with Crippen LogP contribution in [-0.2, 0) is 9.84 Å². The van der Waals surface area contributed by atoms with Crippen LogP contribution in [0.4, 0.5) is 0 Å². The largest absolute Gasteiger partial charge is 0.224 e. The third-order valence-electron chi connectivity index (χ3n) is 2.95. The molecule has 0 atom stereocenters. The summed E-state index contributed by atoms with van der Waals surface area (Å²) in [4.78, 5) is 0.347. The second-order valence-electron chi connectivity index (χ2n) is 5.17. The zero-order valence-electron chi connectivity index (χ0n) is 11.5. The molecular weight excluding hydrogens is 246 g/mol. The number of rotatable bonds is 3. The first-order valence-corrected chi connectivity index (χ1v) is 7.85. The standard InChI is InChI=1S/C14H19NO2S/c1-9(2)12-7-14(18(5,16)17)13(10(3)4)6-11(12)8-15/h6-7,9-10H,1-5H3. The van der Waals surface area contributed by atoms with E-state index < -0.39 is 9.84 Å². The van der Waals surface area contributed by atoms with Gasteiger partial charge in [-0.25, -0.2) is 8.42 Å². The molecule has 0 amide bonds. The van der Waals surface area contributed by atoms with Crippen molar-refractivity contribution in [3.05, 3.63) is 28.8 Å². The molecule has 1 rings (SSSR count). The topological polar surface area (TPSA) is 57.9 Å². The first-order valence-electron chi connectivity index (χ1n) is 5.96. The lowest BCUT2D eigenvalue weighted by atomic mass is 9.92. The zero-order valence-corrected chi connectivity index (χ0v) is 12.3. The lowest BCUT2D eigenvalue weighted by Gasteiger charge is -2.16. The predicted octanol–water partition coefficient (Wildman–Crippen LogP) is 3.21. The van der Waals surface area contributed by atoms with Crippen LogP contribution in [0.15, 0.2) is 17.0 Å². The maximum atomic E-state index is 11.8. The Morgan fingerprint density at radius 1 is 1.06 bits per heavy atom. The van der Waals surface area contributed by atoms with E-state index in [2.05, 4.69) is 6.07 Å². The minimum Gasteiger partial charge on any atom is -0.224 e. The van der Waals surface area contributed by atoms with Gasteiger partial charge in [0.05, 0.1) is 16.5 Å². The molecule has 0 aromatic heterocycles. The van der Waals surface area contributed by atoms with E-state index in [1.807, 2.05) is 27.7 Å². The number of nitriles is 1. The van der Waals surface area contributed by atoms with Crippen LogP contribution in [0, 0.1) is 11.3 Å². The van der Waals surface area contributed by atoms with E-state index >= 15 is 0 Å². The normalized spacial score (nSPS) is 11.9. The first kappa shape index (κ1) is 14.7. The van der Waals surface area contributed by atoms with Crippen LogP contribution in [0.5, 0.6) is 0 Å². The second-order valence-corrected chi connectivity index (χ2v) is 7.15. The van der Waals surface area contributed by atoms with E-state index in [1.165, 1.54) is 6.26 Å². The molecule has 18 heavy (non-hydrogen) atoms. The highest BCUT2D eigenvalue weighted by molar-refractivity contribution is 7.90. The van der Waals surface area contributed by atoms with Crippen LogP contribution in [0.1, 0.15) is 56.2 Å². The molecule has 0 bridgehead atoms. The Morgan fingerprint density at radius 3 is 1.89 bits per heavy atom. The van der Waals surface area contributed by atoms with E-state index in [-0.39, 0.29) is 11.8 Å². The van der Waals surface area contributed by atoms with Crippen LogP contribution in [0.25, 0.3) is 0 Å². The van der Waals surface area contributed by atoms with Gasteiger partial charge in [-0.05, 0) is 35.1 Å². The Hall–Kier alpha value is -1.34. The van der Waals surface area contributed by atoms with Crippen LogP contribution >= 0.6 is 0 Å². The molecule has 0 heterocycles. The molecule has 0 aliphatic heterocycles. The van der Waals surface area contributed by atoms with Gasteiger partial charge in [-0.15, -0.1) is 0 Å². The fraction of sp³-hybridized carbons (Fsp3) is 0.500. The van der Waals surface area contributed by atoms with Crippen molar-refractivity contribution in [1.29, 1.82) is 5.26 Å². The maximum absolute atomic E-state index is 11.8. The second kappa shape index (κ2) is 5.11. The Morgan fingerprint density at radius 2 is 1.56 bits per heavy atom. The minimum absolute atomic E-state index is 0.0723. The van der Waals surface area contributed by atoms with Crippen molar-refractivity contribution in [2.75, 3.05) is 6.26 Å². The fourth-order valence-electron chi connectivity index (χ4n) is 1.96. The molecule has 3 nitrogen and oxygen atoms in total. The van der Waals surface area contributed by atoms with E-state index in [4.69, 9.17) is 5.26 Å². The summed E-state index contributed by atoms with van der Waals surface area (Å²) in [6, 6.07) is 5.54. The maximum Gasteiger partial charge on any atom is 0.175 e. The monoisotopic (exact) mass is 265 g/mol. The molecule has 4 heteroatoms. The average molecular weight is 265 g/mol. The highest BCUT2D eigenvalue weighted by atomic mass is 32.2. The molecule has 0 saturated carbocycles. The smallest absolute Gasteiger partial charge is 0.175 e. The van der Waals surface area contributed by atoms with Gasteiger partial charge in [-0.3, -0.25) is 0 Å². The van der Waals surface area contributed by atoms with E-state index in [9.17, 15) is 8.42 Å². The molecule has 0 radical (unpaired) electrons. The summed E-state index contributed by atoms with van der Waals surface area (Å²) < 4.78 is 23.7. The van der Waals surface area contributed by atoms with Crippen molar-refractivity contribution >= 4 is 9.84 Å².